The van der Waals surface area contributed by atoms with Gasteiger partial charge in [-0.25, -0.2) is 4.98 Å². The Morgan fingerprint density at radius 3 is 2.71 bits per heavy atom. The predicted molar refractivity (Wildman–Crippen MR) is 89.3 cm³/mol. The van der Waals surface area contributed by atoms with Gasteiger partial charge in [-0.2, -0.15) is 0 Å². The molecule has 3 heteroatoms. The van der Waals surface area contributed by atoms with Gasteiger partial charge in [-0.1, -0.05) is 36.4 Å². The third-order valence-corrected chi connectivity index (χ3v) is 3.66. The van der Waals surface area contributed by atoms with E-state index in [9.17, 15) is 0 Å². The Morgan fingerprint density at radius 1 is 1.05 bits per heavy atom. The van der Waals surface area contributed by atoms with Gasteiger partial charge in [0, 0.05) is 30.4 Å². The van der Waals surface area contributed by atoms with Crippen molar-refractivity contribution in [2.75, 3.05) is 17.2 Å². The summed E-state index contributed by atoms with van der Waals surface area (Å²) in [6.45, 7) is 3.86. The van der Waals surface area contributed by atoms with Gasteiger partial charge in [-0.05, 0) is 36.1 Å². The Bertz CT molecular complexity index is 747. The number of pyridine rings is 1. The van der Waals surface area contributed by atoms with Crippen molar-refractivity contribution in [2.45, 2.75) is 13.5 Å². The molecular formula is C18H19N3. The Kier molecular flexibility index (Phi) is 3.73. The molecule has 0 aliphatic heterocycles. The van der Waals surface area contributed by atoms with Gasteiger partial charge in [-0.15, -0.1) is 0 Å². The molecule has 0 radical (unpaired) electrons. The number of anilines is 2. The summed E-state index contributed by atoms with van der Waals surface area (Å²) in [5.41, 5.74) is 7.87. The Balaban J connectivity index is 1.98. The highest BCUT2D eigenvalue weighted by Crippen LogP contribution is 2.25. The third kappa shape index (κ3) is 2.82. The van der Waals surface area contributed by atoms with Crippen LogP contribution in [0.15, 0.2) is 60.8 Å². The molecule has 0 fully saturated rings. The monoisotopic (exact) mass is 277 g/mol. The van der Waals surface area contributed by atoms with Crippen LogP contribution in [0.25, 0.3) is 10.8 Å². The quantitative estimate of drug-likeness (QED) is 0.737. The highest BCUT2D eigenvalue weighted by molar-refractivity contribution is 5.92. The van der Waals surface area contributed by atoms with Gasteiger partial charge in [0.25, 0.3) is 0 Å². The van der Waals surface area contributed by atoms with E-state index >= 15 is 0 Å². The fourth-order valence-corrected chi connectivity index (χ4v) is 2.60. The number of benzene rings is 2. The van der Waals surface area contributed by atoms with Crippen LogP contribution >= 0.6 is 0 Å². The van der Waals surface area contributed by atoms with E-state index in [1.807, 2.05) is 30.5 Å². The lowest BCUT2D eigenvalue weighted by molar-refractivity contribution is 0.819. The van der Waals surface area contributed by atoms with Crippen molar-refractivity contribution in [3.05, 3.63) is 66.4 Å². The Labute approximate surface area is 125 Å². The first kappa shape index (κ1) is 13.4. The molecule has 1 aromatic heterocycles. The number of aromatic nitrogens is 1. The van der Waals surface area contributed by atoms with Crippen molar-refractivity contribution in [1.29, 1.82) is 0 Å². The minimum absolute atomic E-state index is 0.800. The molecule has 3 nitrogen and oxygen atoms in total. The molecule has 3 aromatic rings. The number of hydrogen-bond acceptors (Lipinski definition) is 3. The molecule has 2 N–H and O–H groups in total. The summed E-state index contributed by atoms with van der Waals surface area (Å²) in [6.07, 6.45) is 1.87. The van der Waals surface area contributed by atoms with E-state index in [-0.39, 0.29) is 0 Å². The van der Waals surface area contributed by atoms with Crippen molar-refractivity contribution >= 4 is 22.3 Å². The molecule has 0 bridgehead atoms. The van der Waals surface area contributed by atoms with E-state index in [1.54, 1.807) is 0 Å². The van der Waals surface area contributed by atoms with Gasteiger partial charge < -0.3 is 10.6 Å². The molecule has 0 amide bonds. The summed E-state index contributed by atoms with van der Waals surface area (Å²) in [5, 5.41) is 2.40. The lowest BCUT2D eigenvalue weighted by atomic mass is 10.1. The zero-order valence-corrected chi connectivity index (χ0v) is 12.2. The summed E-state index contributed by atoms with van der Waals surface area (Å²) in [5.74, 6) is 1.03. The predicted octanol–water partition coefficient (Wildman–Crippen LogP) is 3.84. The van der Waals surface area contributed by atoms with E-state index in [4.69, 9.17) is 5.73 Å². The SMILES string of the molecule is CCN(Cc1cccc(N)c1)c1nccc2ccccc12. The van der Waals surface area contributed by atoms with Gasteiger partial charge in [0.15, 0.2) is 0 Å². The molecule has 0 aliphatic carbocycles. The summed E-state index contributed by atoms with van der Waals surface area (Å²) < 4.78 is 0. The molecule has 0 saturated carbocycles. The molecule has 2 aromatic carbocycles. The number of nitrogens with zero attached hydrogens (tertiary/aromatic N) is 2. The van der Waals surface area contributed by atoms with Crippen LogP contribution in [0.3, 0.4) is 0 Å². The van der Waals surface area contributed by atoms with Crippen molar-refractivity contribution in [3.8, 4) is 0 Å². The van der Waals surface area contributed by atoms with E-state index in [0.717, 1.165) is 24.6 Å². The van der Waals surface area contributed by atoms with E-state index in [0.29, 0.717) is 0 Å². The van der Waals surface area contributed by atoms with Crippen molar-refractivity contribution < 1.29 is 0 Å². The highest BCUT2D eigenvalue weighted by atomic mass is 15.2. The number of rotatable bonds is 4. The molecule has 1 heterocycles. The second kappa shape index (κ2) is 5.83. The lowest BCUT2D eigenvalue weighted by Crippen LogP contribution is -2.23. The van der Waals surface area contributed by atoms with Gasteiger partial charge in [0.1, 0.15) is 5.82 Å². The summed E-state index contributed by atoms with van der Waals surface area (Å²) in [4.78, 5) is 6.87. The van der Waals surface area contributed by atoms with Crippen molar-refractivity contribution in [3.63, 3.8) is 0 Å². The molecule has 0 atom stereocenters. The van der Waals surface area contributed by atoms with E-state index < -0.39 is 0 Å². The smallest absolute Gasteiger partial charge is 0.136 e. The number of nitrogen functional groups attached to an aromatic ring is 1. The largest absolute Gasteiger partial charge is 0.399 e. The standard InChI is InChI=1S/C18H19N3/c1-2-21(13-14-6-5-8-16(19)12-14)18-17-9-4-3-7-15(17)10-11-20-18/h3-12H,2,13,19H2,1H3. The van der Waals surface area contributed by atoms with Gasteiger partial charge >= 0.3 is 0 Å². The Morgan fingerprint density at radius 2 is 1.90 bits per heavy atom. The molecule has 0 unspecified atom stereocenters. The van der Waals surface area contributed by atoms with Crippen LogP contribution < -0.4 is 10.6 Å². The van der Waals surface area contributed by atoms with Crippen LogP contribution in [0.1, 0.15) is 12.5 Å². The molecule has 0 aliphatic rings. The van der Waals surface area contributed by atoms with E-state index in [2.05, 4.69) is 47.1 Å². The van der Waals surface area contributed by atoms with Gasteiger partial charge in [0.2, 0.25) is 0 Å². The fourth-order valence-electron chi connectivity index (χ4n) is 2.60. The lowest BCUT2D eigenvalue weighted by Gasteiger charge is -2.23. The third-order valence-electron chi connectivity index (χ3n) is 3.66. The number of fused-ring (bicyclic) bond motifs is 1. The van der Waals surface area contributed by atoms with Crippen molar-refractivity contribution in [2.24, 2.45) is 0 Å². The van der Waals surface area contributed by atoms with Crippen LogP contribution in [0, 0.1) is 0 Å². The maximum absolute atomic E-state index is 5.87. The highest BCUT2D eigenvalue weighted by Gasteiger charge is 2.10. The summed E-state index contributed by atoms with van der Waals surface area (Å²) in [7, 11) is 0. The maximum atomic E-state index is 5.87. The second-order valence-corrected chi connectivity index (χ2v) is 5.11. The first-order chi connectivity index (χ1) is 10.3. The molecule has 0 saturated heterocycles. The van der Waals surface area contributed by atoms with Crippen molar-refractivity contribution in [1.82, 2.24) is 4.98 Å². The zero-order valence-electron chi connectivity index (χ0n) is 12.2. The average Bonchev–Trinajstić information content (AvgIpc) is 2.52. The van der Waals surface area contributed by atoms with Gasteiger partial charge in [-0.3, -0.25) is 0 Å². The molecule has 21 heavy (non-hydrogen) atoms. The first-order valence-electron chi connectivity index (χ1n) is 7.21. The number of hydrogen-bond donors (Lipinski definition) is 1. The molecule has 106 valence electrons. The van der Waals surface area contributed by atoms with Crippen LogP contribution in [-0.2, 0) is 6.54 Å². The minimum Gasteiger partial charge on any atom is -0.399 e. The van der Waals surface area contributed by atoms with Crippen LogP contribution in [0.4, 0.5) is 11.5 Å². The zero-order chi connectivity index (χ0) is 14.7. The fraction of sp³-hybridized carbons (Fsp3) is 0.167. The average molecular weight is 277 g/mol. The van der Waals surface area contributed by atoms with E-state index in [1.165, 1.54) is 16.3 Å². The van der Waals surface area contributed by atoms with Crippen LogP contribution in [-0.4, -0.2) is 11.5 Å². The molecular weight excluding hydrogens is 258 g/mol. The van der Waals surface area contributed by atoms with Crippen LogP contribution in [0.2, 0.25) is 0 Å². The summed E-state index contributed by atoms with van der Waals surface area (Å²) in [6, 6.07) is 18.4. The van der Waals surface area contributed by atoms with Gasteiger partial charge in [0.05, 0.1) is 0 Å². The minimum atomic E-state index is 0.800. The maximum Gasteiger partial charge on any atom is 0.136 e. The normalized spacial score (nSPS) is 10.7. The first-order valence-corrected chi connectivity index (χ1v) is 7.21. The second-order valence-electron chi connectivity index (χ2n) is 5.11. The number of nitrogens with two attached hydrogens (primary N) is 1. The summed E-state index contributed by atoms with van der Waals surface area (Å²) >= 11 is 0. The Hall–Kier alpha value is -2.55. The molecule has 3 rings (SSSR count). The topological polar surface area (TPSA) is 42.1 Å². The molecule has 0 spiro atoms. The van der Waals surface area contributed by atoms with Crippen LogP contribution in [0.5, 0.6) is 0 Å².